The zero-order chi connectivity index (χ0) is 30.1. The largest absolute Gasteiger partial charge is 0.463 e. The van der Waals surface area contributed by atoms with E-state index in [-0.39, 0.29) is 29.7 Å². The van der Waals surface area contributed by atoms with Gasteiger partial charge < -0.3 is 9.47 Å². The van der Waals surface area contributed by atoms with Crippen molar-refractivity contribution in [1.29, 1.82) is 0 Å². The number of halogens is 10. The molecule has 0 amide bonds. The summed E-state index contributed by atoms with van der Waals surface area (Å²) in [4.78, 5) is 29.1. The predicted molar refractivity (Wildman–Crippen MR) is 120 cm³/mol. The Bertz CT molecular complexity index is 1260. The van der Waals surface area contributed by atoms with Crippen LogP contribution in [0, 0.1) is 0 Å². The second-order valence-corrected chi connectivity index (χ2v) is 8.40. The van der Waals surface area contributed by atoms with E-state index in [0.717, 1.165) is 0 Å². The maximum Gasteiger partial charge on any atom is 0.433 e. The molecule has 17 heteroatoms. The molecule has 1 heterocycles. The van der Waals surface area contributed by atoms with E-state index in [1.54, 1.807) is 0 Å². The minimum atomic E-state index is -5.48. The van der Waals surface area contributed by atoms with Crippen LogP contribution in [-0.4, -0.2) is 35.0 Å². The lowest BCUT2D eigenvalue weighted by Crippen LogP contribution is -2.45. The fourth-order valence-electron chi connectivity index (χ4n) is 3.39. The molecule has 2 aromatic rings. The number of nitrogens with zero attached hydrogens (tertiary/aromatic N) is 3. The number of ether oxygens (including phenoxy) is 2. The second-order valence-electron chi connectivity index (χ2n) is 8.02. The average molecular weight is 598 g/mol. The van der Waals surface area contributed by atoms with Gasteiger partial charge in [0.1, 0.15) is 0 Å². The van der Waals surface area contributed by atoms with Crippen LogP contribution in [0.4, 0.5) is 51.1 Å². The Morgan fingerprint density at radius 1 is 0.974 bits per heavy atom. The van der Waals surface area contributed by atoms with E-state index in [1.807, 2.05) is 0 Å². The lowest BCUT2D eigenvalue weighted by molar-refractivity contribution is -0.155. The van der Waals surface area contributed by atoms with Gasteiger partial charge in [-0.2, -0.15) is 39.5 Å². The Hall–Kier alpha value is -3.01. The lowest BCUT2D eigenvalue weighted by atomic mass is 10.1. The summed E-state index contributed by atoms with van der Waals surface area (Å²) in [6.07, 6.45) is -18.5. The minimum Gasteiger partial charge on any atom is -0.463 e. The van der Waals surface area contributed by atoms with Crippen molar-refractivity contribution in [3.63, 3.8) is 0 Å². The summed E-state index contributed by atoms with van der Waals surface area (Å²) >= 11 is 5.91. The summed E-state index contributed by atoms with van der Waals surface area (Å²) in [5.41, 5.74) is -8.44. The van der Waals surface area contributed by atoms with Crippen LogP contribution < -0.4 is 10.5 Å². The van der Waals surface area contributed by atoms with Gasteiger partial charge in [0, 0.05) is 18.7 Å². The molecule has 7 nitrogen and oxygen atoms in total. The molecule has 1 aromatic carbocycles. The minimum absolute atomic E-state index is 0.0693. The first-order chi connectivity index (χ1) is 17.7. The van der Waals surface area contributed by atoms with Crippen molar-refractivity contribution < 1.29 is 53.8 Å². The SMILES string of the molecule is CCOC(=O)C(OCC)N(c1cc(C(F)(F)F)cc(C(F)(F)F)c1Cl)c1nc(C(F)(F)F)cc(=O)n1C(C)C. The summed E-state index contributed by atoms with van der Waals surface area (Å²) in [7, 11) is 0. The highest BCUT2D eigenvalue weighted by Crippen LogP contribution is 2.46. The maximum absolute atomic E-state index is 13.8. The third kappa shape index (κ3) is 7.15. The van der Waals surface area contributed by atoms with Crippen LogP contribution in [0.3, 0.4) is 0 Å². The Kier molecular flexibility index (Phi) is 9.59. The van der Waals surface area contributed by atoms with Gasteiger partial charge in [-0.15, -0.1) is 0 Å². The Morgan fingerprint density at radius 3 is 2.00 bits per heavy atom. The number of alkyl halides is 9. The van der Waals surface area contributed by atoms with E-state index in [2.05, 4.69) is 4.98 Å². The molecule has 2 rings (SSSR count). The maximum atomic E-state index is 13.8. The van der Waals surface area contributed by atoms with Crippen LogP contribution in [0.1, 0.15) is 50.6 Å². The number of hydrogen-bond donors (Lipinski definition) is 0. The molecular formula is C22H21ClF9N3O4. The highest BCUT2D eigenvalue weighted by atomic mass is 35.5. The third-order valence-corrected chi connectivity index (χ3v) is 5.35. The highest BCUT2D eigenvalue weighted by molar-refractivity contribution is 6.34. The van der Waals surface area contributed by atoms with Crippen molar-refractivity contribution in [3.05, 3.63) is 50.4 Å². The van der Waals surface area contributed by atoms with E-state index < -0.39 is 82.4 Å². The topological polar surface area (TPSA) is 73.7 Å². The van der Waals surface area contributed by atoms with E-state index in [1.165, 1.54) is 27.7 Å². The molecule has 0 aliphatic carbocycles. The molecule has 0 fully saturated rings. The second kappa shape index (κ2) is 11.6. The Morgan fingerprint density at radius 2 is 1.56 bits per heavy atom. The summed E-state index contributed by atoms with van der Waals surface area (Å²) in [5, 5.41) is -1.44. The molecule has 1 unspecified atom stereocenters. The number of benzene rings is 1. The molecule has 0 bridgehead atoms. The smallest absolute Gasteiger partial charge is 0.433 e. The summed E-state index contributed by atoms with van der Waals surface area (Å²) in [6.45, 7) is 4.31. The van der Waals surface area contributed by atoms with Crippen LogP contribution in [0.2, 0.25) is 5.02 Å². The number of carbonyl (C=O) groups excluding carboxylic acids is 1. The van der Waals surface area contributed by atoms with Crippen LogP contribution in [-0.2, 0) is 32.8 Å². The van der Waals surface area contributed by atoms with Crippen molar-refractivity contribution in [3.8, 4) is 0 Å². The molecule has 1 atom stereocenters. The molecule has 0 N–H and O–H groups in total. The average Bonchev–Trinajstić information content (AvgIpc) is 2.77. The molecule has 1 aromatic heterocycles. The van der Waals surface area contributed by atoms with Gasteiger partial charge in [0.15, 0.2) is 5.69 Å². The molecule has 0 saturated heterocycles. The summed E-state index contributed by atoms with van der Waals surface area (Å²) < 4.78 is 134. The van der Waals surface area contributed by atoms with Crippen LogP contribution in [0.5, 0.6) is 0 Å². The third-order valence-electron chi connectivity index (χ3n) is 4.95. The van der Waals surface area contributed by atoms with Gasteiger partial charge in [-0.25, -0.2) is 9.78 Å². The quantitative estimate of drug-likeness (QED) is 0.194. The van der Waals surface area contributed by atoms with Crippen LogP contribution in [0.25, 0.3) is 0 Å². The van der Waals surface area contributed by atoms with Crippen molar-refractivity contribution in [1.82, 2.24) is 9.55 Å². The van der Waals surface area contributed by atoms with E-state index in [0.29, 0.717) is 4.57 Å². The predicted octanol–water partition coefficient (Wildman–Crippen LogP) is 6.60. The number of aromatic nitrogens is 2. The van der Waals surface area contributed by atoms with Crippen molar-refractivity contribution >= 4 is 29.2 Å². The molecular weight excluding hydrogens is 577 g/mol. The monoisotopic (exact) mass is 597 g/mol. The van der Waals surface area contributed by atoms with Crippen LogP contribution in [0.15, 0.2) is 23.0 Å². The number of rotatable bonds is 8. The number of anilines is 2. The molecule has 0 aliphatic rings. The van der Waals surface area contributed by atoms with Gasteiger partial charge in [0.2, 0.25) is 12.2 Å². The highest BCUT2D eigenvalue weighted by Gasteiger charge is 2.44. The van der Waals surface area contributed by atoms with Gasteiger partial charge in [0.25, 0.3) is 5.56 Å². The lowest BCUT2D eigenvalue weighted by Gasteiger charge is -2.34. The zero-order valence-electron chi connectivity index (χ0n) is 20.6. The van der Waals surface area contributed by atoms with Gasteiger partial charge in [0.05, 0.1) is 28.4 Å². The Balaban J connectivity index is 3.21. The zero-order valence-corrected chi connectivity index (χ0v) is 21.3. The summed E-state index contributed by atoms with van der Waals surface area (Å²) in [5.74, 6) is -2.60. The summed E-state index contributed by atoms with van der Waals surface area (Å²) in [6, 6.07) is -1.23. The molecule has 39 heavy (non-hydrogen) atoms. The standard InChI is InChI=1S/C22H21ClF9N3O4/c1-5-38-17(18(37)39-6-2)35(19-33-14(22(30,31)32)9-15(36)34(19)10(3)4)13-8-11(20(24,25)26)7-12(16(13)23)21(27,28)29/h7-10,17H,5-6H2,1-4H3. The van der Waals surface area contributed by atoms with Gasteiger partial charge in [-0.1, -0.05) is 11.6 Å². The first-order valence-electron chi connectivity index (χ1n) is 11.0. The first kappa shape index (κ1) is 32.2. The molecule has 0 radical (unpaired) electrons. The van der Waals surface area contributed by atoms with E-state index in [9.17, 15) is 49.1 Å². The fraction of sp³-hybridized carbons (Fsp3) is 0.500. The first-order valence-corrected chi connectivity index (χ1v) is 11.4. The van der Waals surface area contributed by atoms with Crippen molar-refractivity contribution in [2.75, 3.05) is 18.1 Å². The Labute approximate surface area is 220 Å². The normalized spacial score (nSPS) is 13.5. The number of hydrogen-bond acceptors (Lipinski definition) is 6. The molecule has 0 saturated carbocycles. The number of carbonyl (C=O) groups is 1. The van der Waals surface area contributed by atoms with Crippen molar-refractivity contribution in [2.24, 2.45) is 0 Å². The molecule has 0 aliphatic heterocycles. The van der Waals surface area contributed by atoms with Gasteiger partial charge in [-0.05, 0) is 39.8 Å². The number of esters is 1. The van der Waals surface area contributed by atoms with Crippen LogP contribution >= 0.6 is 11.6 Å². The van der Waals surface area contributed by atoms with Crippen molar-refractivity contribution in [2.45, 2.75) is 58.5 Å². The van der Waals surface area contributed by atoms with Gasteiger partial charge >= 0.3 is 24.5 Å². The molecule has 218 valence electrons. The molecule has 0 spiro atoms. The van der Waals surface area contributed by atoms with E-state index in [4.69, 9.17) is 21.1 Å². The van der Waals surface area contributed by atoms with E-state index >= 15 is 0 Å². The fourth-order valence-corrected chi connectivity index (χ4v) is 3.70. The van der Waals surface area contributed by atoms with Gasteiger partial charge in [-0.3, -0.25) is 14.3 Å².